The van der Waals surface area contributed by atoms with E-state index >= 15 is 0 Å². The first-order valence-corrected chi connectivity index (χ1v) is 4.90. The number of methoxy groups -OCH3 is 2. The highest BCUT2D eigenvalue weighted by Gasteiger charge is 2.07. The van der Waals surface area contributed by atoms with Crippen molar-refractivity contribution >= 4 is 6.29 Å². The Kier molecular flexibility index (Phi) is 4.84. The third-order valence-electron chi connectivity index (χ3n) is 2.27. The van der Waals surface area contributed by atoms with E-state index in [1.807, 2.05) is 18.2 Å². The van der Waals surface area contributed by atoms with Gasteiger partial charge < -0.3 is 14.3 Å². The van der Waals surface area contributed by atoms with Crippen LogP contribution in [0.3, 0.4) is 0 Å². The van der Waals surface area contributed by atoms with Crippen LogP contribution in [0.4, 0.5) is 0 Å². The SMILES string of the molecule is COCc1c(CCC=O)cccc1OC. The Balaban J connectivity index is 2.95. The number of aryl methyl sites for hydroxylation is 1. The number of benzene rings is 1. The average molecular weight is 208 g/mol. The molecule has 1 aromatic rings. The Hall–Kier alpha value is -1.35. The molecule has 1 rings (SSSR count). The zero-order valence-corrected chi connectivity index (χ0v) is 9.16. The van der Waals surface area contributed by atoms with Gasteiger partial charge in [0.05, 0.1) is 13.7 Å². The summed E-state index contributed by atoms with van der Waals surface area (Å²) in [5, 5.41) is 0. The fourth-order valence-corrected chi connectivity index (χ4v) is 1.56. The molecule has 0 amide bonds. The minimum Gasteiger partial charge on any atom is -0.496 e. The van der Waals surface area contributed by atoms with Crippen molar-refractivity contribution in [1.29, 1.82) is 0 Å². The lowest BCUT2D eigenvalue weighted by molar-refractivity contribution is -0.107. The zero-order valence-electron chi connectivity index (χ0n) is 9.16. The van der Waals surface area contributed by atoms with Gasteiger partial charge in [0.25, 0.3) is 0 Å². The van der Waals surface area contributed by atoms with E-state index in [1.165, 1.54) is 0 Å². The molecule has 15 heavy (non-hydrogen) atoms. The minimum atomic E-state index is 0.512. The molecule has 0 heterocycles. The van der Waals surface area contributed by atoms with Crippen LogP contribution in [0.2, 0.25) is 0 Å². The van der Waals surface area contributed by atoms with Crippen molar-refractivity contribution in [1.82, 2.24) is 0 Å². The normalized spacial score (nSPS) is 10.0. The van der Waals surface area contributed by atoms with E-state index in [0.29, 0.717) is 13.0 Å². The molecule has 0 saturated carbocycles. The van der Waals surface area contributed by atoms with Gasteiger partial charge in [-0.05, 0) is 18.1 Å². The van der Waals surface area contributed by atoms with Gasteiger partial charge in [0.15, 0.2) is 0 Å². The number of hydrogen-bond acceptors (Lipinski definition) is 3. The van der Waals surface area contributed by atoms with Gasteiger partial charge in [-0.15, -0.1) is 0 Å². The zero-order chi connectivity index (χ0) is 11.1. The van der Waals surface area contributed by atoms with Crippen LogP contribution in [0.5, 0.6) is 5.75 Å². The van der Waals surface area contributed by atoms with Crippen LogP contribution in [0.15, 0.2) is 18.2 Å². The summed E-state index contributed by atoms with van der Waals surface area (Å²) in [5.74, 6) is 0.820. The van der Waals surface area contributed by atoms with Gasteiger partial charge in [0.2, 0.25) is 0 Å². The number of rotatable bonds is 6. The van der Waals surface area contributed by atoms with E-state index in [2.05, 4.69) is 0 Å². The molecule has 0 aliphatic rings. The molecule has 1 aromatic carbocycles. The molecule has 3 nitrogen and oxygen atoms in total. The van der Waals surface area contributed by atoms with Crippen molar-refractivity contribution in [3.05, 3.63) is 29.3 Å². The van der Waals surface area contributed by atoms with Crippen LogP contribution in [0.25, 0.3) is 0 Å². The van der Waals surface area contributed by atoms with Crippen LogP contribution in [0.1, 0.15) is 17.5 Å². The highest BCUT2D eigenvalue weighted by Crippen LogP contribution is 2.23. The molecule has 0 unspecified atom stereocenters. The summed E-state index contributed by atoms with van der Waals surface area (Å²) in [5.41, 5.74) is 2.15. The van der Waals surface area contributed by atoms with Gasteiger partial charge in [-0.1, -0.05) is 12.1 Å². The molecule has 0 N–H and O–H groups in total. The van der Waals surface area contributed by atoms with Crippen molar-refractivity contribution in [2.45, 2.75) is 19.4 Å². The summed E-state index contributed by atoms with van der Waals surface area (Å²) < 4.78 is 10.4. The number of aldehydes is 1. The average Bonchev–Trinajstić information content (AvgIpc) is 2.28. The van der Waals surface area contributed by atoms with Crippen molar-refractivity contribution in [3.63, 3.8) is 0 Å². The number of carbonyl (C=O) groups is 1. The predicted octanol–water partition coefficient (Wildman–Crippen LogP) is 1.97. The molecule has 0 saturated heterocycles. The molecule has 0 aliphatic carbocycles. The largest absolute Gasteiger partial charge is 0.496 e. The number of carbonyl (C=O) groups excluding carboxylic acids is 1. The van der Waals surface area contributed by atoms with E-state index < -0.39 is 0 Å². The molecule has 0 radical (unpaired) electrons. The predicted molar refractivity (Wildman–Crippen MR) is 58.1 cm³/mol. The van der Waals surface area contributed by atoms with Crippen molar-refractivity contribution in [2.75, 3.05) is 14.2 Å². The summed E-state index contributed by atoms with van der Waals surface area (Å²) in [6, 6.07) is 5.83. The quantitative estimate of drug-likeness (QED) is 0.670. The maximum atomic E-state index is 10.3. The Labute approximate surface area is 90.0 Å². The smallest absolute Gasteiger partial charge is 0.124 e. The Morgan fingerprint density at radius 2 is 2.13 bits per heavy atom. The molecular weight excluding hydrogens is 192 g/mol. The molecule has 0 bridgehead atoms. The first kappa shape index (κ1) is 11.7. The number of hydrogen-bond donors (Lipinski definition) is 0. The second-order valence-corrected chi connectivity index (χ2v) is 3.24. The van der Waals surface area contributed by atoms with Gasteiger partial charge >= 0.3 is 0 Å². The summed E-state index contributed by atoms with van der Waals surface area (Å²) >= 11 is 0. The molecular formula is C12H16O3. The Morgan fingerprint density at radius 3 is 2.73 bits per heavy atom. The van der Waals surface area contributed by atoms with Gasteiger partial charge in [-0.3, -0.25) is 0 Å². The second-order valence-electron chi connectivity index (χ2n) is 3.24. The monoisotopic (exact) mass is 208 g/mol. The maximum Gasteiger partial charge on any atom is 0.124 e. The Morgan fingerprint density at radius 1 is 1.33 bits per heavy atom. The molecule has 0 spiro atoms. The van der Waals surface area contributed by atoms with E-state index in [1.54, 1.807) is 14.2 Å². The minimum absolute atomic E-state index is 0.512. The van der Waals surface area contributed by atoms with Gasteiger partial charge in [-0.2, -0.15) is 0 Å². The van der Waals surface area contributed by atoms with E-state index in [0.717, 1.165) is 29.6 Å². The van der Waals surface area contributed by atoms with E-state index in [-0.39, 0.29) is 0 Å². The van der Waals surface area contributed by atoms with Gasteiger partial charge in [0.1, 0.15) is 12.0 Å². The first-order valence-electron chi connectivity index (χ1n) is 4.90. The number of ether oxygens (including phenoxy) is 2. The topological polar surface area (TPSA) is 35.5 Å². The van der Waals surface area contributed by atoms with E-state index in [4.69, 9.17) is 9.47 Å². The summed E-state index contributed by atoms with van der Waals surface area (Å²) in [6.07, 6.45) is 2.19. The molecule has 0 fully saturated rings. The molecule has 3 heteroatoms. The molecule has 0 aromatic heterocycles. The lowest BCUT2D eigenvalue weighted by atomic mass is 10.0. The highest BCUT2D eigenvalue weighted by molar-refractivity contribution is 5.51. The van der Waals surface area contributed by atoms with Crippen LogP contribution in [-0.4, -0.2) is 20.5 Å². The lowest BCUT2D eigenvalue weighted by Gasteiger charge is -2.12. The van der Waals surface area contributed by atoms with Crippen molar-refractivity contribution < 1.29 is 14.3 Å². The summed E-state index contributed by atoms with van der Waals surface area (Å²) in [7, 11) is 3.29. The lowest BCUT2D eigenvalue weighted by Crippen LogP contribution is -2.00. The summed E-state index contributed by atoms with van der Waals surface area (Å²) in [4.78, 5) is 10.3. The van der Waals surface area contributed by atoms with Crippen LogP contribution in [-0.2, 0) is 22.6 Å². The second kappa shape index (κ2) is 6.19. The Bertz CT molecular complexity index is 321. The van der Waals surface area contributed by atoms with Gasteiger partial charge in [0, 0.05) is 19.1 Å². The fourth-order valence-electron chi connectivity index (χ4n) is 1.56. The van der Waals surface area contributed by atoms with E-state index in [9.17, 15) is 4.79 Å². The van der Waals surface area contributed by atoms with Crippen LogP contribution < -0.4 is 4.74 Å². The summed E-state index contributed by atoms with van der Waals surface area (Å²) in [6.45, 7) is 0.512. The standard InChI is InChI=1S/C12H16O3/c1-14-9-11-10(6-4-8-13)5-3-7-12(11)15-2/h3,5,7-8H,4,6,9H2,1-2H3. The fraction of sp³-hybridized carbons (Fsp3) is 0.417. The third kappa shape index (κ3) is 3.06. The first-order chi connectivity index (χ1) is 7.33. The molecule has 82 valence electrons. The van der Waals surface area contributed by atoms with Crippen molar-refractivity contribution in [2.24, 2.45) is 0 Å². The van der Waals surface area contributed by atoms with Gasteiger partial charge in [-0.25, -0.2) is 0 Å². The molecule has 0 atom stereocenters. The van der Waals surface area contributed by atoms with Crippen molar-refractivity contribution in [3.8, 4) is 5.75 Å². The third-order valence-corrected chi connectivity index (χ3v) is 2.27. The van der Waals surface area contributed by atoms with Crippen LogP contribution in [0, 0.1) is 0 Å². The highest BCUT2D eigenvalue weighted by atomic mass is 16.5. The maximum absolute atomic E-state index is 10.3. The molecule has 0 aliphatic heterocycles. The van der Waals surface area contributed by atoms with Crippen LogP contribution >= 0.6 is 0 Å².